The monoisotopic (exact) mass is 814 g/mol. The van der Waals surface area contributed by atoms with Gasteiger partial charge in [-0.2, -0.15) is 0 Å². The summed E-state index contributed by atoms with van der Waals surface area (Å²) in [5.74, 6) is 0.0654. The first-order chi connectivity index (χ1) is 31.5. The molecule has 0 aromatic heterocycles. The Labute approximate surface area is 375 Å². The van der Waals surface area contributed by atoms with Crippen molar-refractivity contribution in [2.24, 2.45) is 0 Å². The van der Waals surface area contributed by atoms with Gasteiger partial charge in [0.25, 0.3) is 0 Å². The van der Waals surface area contributed by atoms with Crippen molar-refractivity contribution < 1.29 is 0 Å². The van der Waals surface area contributed by atoms with E-state index in [1.807, 2.05) is 0 Å². The minimum Gasteiger partial charge on any atom is -0.0622 e. The highest BCUT2D eigenvalue weighted by molar-refractivity contribution is 6.15. The lowest BCUT2D eigenvalue weighted by Crippen LogP contribution is -2.14. The standard InChI is InChI=1S/C64H46/c1-64(2)61-25-15-14-24-55(61)56-35-30-49(41-62(56)64)42-26-28-46(29-27-42)63(45-20-10-5-11-21-45)51-32-33-53-52(36-51)40-58(44-18-8-4-9-19-44)60-39-50(31-34-54(53)60)59-38-48-23-13-12-22-47(48)37-57(59)43-16-6-3-7-17-43/h3-41,63H,1-2H3. The van der Waals surface area contributed by atoms with Crippen LogP contribution in [0.4, 0.5) is 0 Å². The van der Waals surface area contributed by atoms with Gasteiger partial charge in [-0.05, 0) is 146 Å². The van der Waals surface area contributed by atoms with Crippen molar-refractivity contribution in [1.29, 1.82) is 0 Å². The number of hydrogen-bond acceptors (Lipinski definition) is 0. The molecule has 0 heterocycles. The van der Waals surface area contributed by atoms with Crippen LogP contribution < -0.4 is 0 Å². The lowest BCUT2D eigenvalue weighted by molar-refractivity contribution is 0.660. The summed E-state index contributed by atoms with van der Waals surface area (Å²) in [4.78, 5) is 0. The molecule has 1 unspecified atom stereocenters. The minimum atomic E-state index is -0.0342. The van der Waals surface area contributed by atoms with E-state index in [4.69, 9.17) is 0 Å². The molecule has 0 saturated heterocycles. The van der Waals surface area contributed by atoms with Gasteiger partial charge in [-0.3, -0.25) is 0 Å². The fourth-order valence-electron chi connectivity index (χ4n) is 10.7. The molecule has 1 aliphatic rings. The number of benzene rings is 11. The molecule has 12 rings (SSSR count). The van der Waals surface area contributed by atoms with Gasteiger partial charge in [0.15, 0.2) is 0 Å². The average molecular weight is 815 g/mol. The maximum absolute atomic E-state index is 2.44. The topological polar surface area (TPSA) is 0 Å². The summed E-state index contributed by atoms with van der Waals surface area (Å²) in [6.45, 7) is 4.71. The molecule has 0 spiro atoms. The molecule has 0 aliphatic heterocycles. The Morgan fingerprint density at radius 2 is 0.781 bits per heavy atom. The molecule has 0 amide bonds. The molecule has 11 aromatic rings. The Bertz CT molecular complexity index is 3540. The lowest BCUT2D eigenvalue weighted by Gasteiger charge is -2.22. The molecule has 0 heteroatoms. The highest BCUT2D eigenvalue weighted by Gasteiger charge is 2.35. The van der Waals surface area contributed by atoms with Crippen LogP contribution in [0.2, 0.25) is 0 Å². The molecule has 64 heavy (non-hydrogen) atoms. The maximum atomic E-state index is 2.44. The number of rotatable bonds is 7. The zero-order valence-electron chi connectivity index (χ0n) is 36.1. The van der Waals surface area contributed by atoms with Crippen LogP contribution >= 0.6 is 0 Å². The van der Waals surface area contributed by atoms with Crippen molar-refractivity contribution in [1.82, 2.24) is 0 Å². The van der Waals surface area contributed by atoms with Gasteiger partial charge in [-0.15, -0.1) is 0 Å². The van der Waals surface area contributed by atoms with Crippen LogP contribution in [0.25, 0.3) is 88.0 Å². The third-order valence-corrected chi connectivity index (χ3v) is 14.0. The van der Waals surface area contributed by atoms with Crippen LogP contribution in [0.15, 0.2) is 237 Å². The van der Waals surface area contributed by atoms with Crippen LogP contribution in [0.1, 0.15) is 47.6 Å². The molecule has 302 valence electrons. The van der Waals surface area contributed by atoms with E-state index in [0.717, 1.165) is 0 Å². The van der Waals surface area contributed by atoms with Crippen molar-refractivity contribution in [3.8, 4) is 55.6 Å². The Kier molecular flexibility index (Phi) is 9.02. The summed E-state index contributed by atoms with van der Waals surface area (Å²) < 4.78 is 0. The van der Waals surface area contributed by atoms with Crippen molar-refractivity contribution in [3.05, 3.63) is 264 Å². The van der Waals surface area contributed by atoms with E-state index < -0.39 is 0 Å². The van der Waals surface area contributed by atoms with E-state index in [0.29, 0.717) is 0 Å². The van der Waals surface area contributed by atoms with Crippen LogP contribution in [-0.4, -0.2) is 0 Å². The van der Waals surface area contributed by atoms with Gasteiger partial charge in [0, 0.05) is 11.3 Å². The van der Waals surface area contributed by atoms with Crippen LogP contribution in [0, 0.1) is 0 Å². The number of hydrogen-bond donors (Lipinski definition) is 0. The maximum Gasteiger partial charge on any atom is 0.0340 e. The summed E-state index contributed by atoms with van der Waals surface area (Å²) in [7, 11) is 0. The van der Waals surface area contributed by atoms with Gasteiger partial charge >= 0.3 is 0 Å². The summed E-state index contributed by atoms with van der Waals surface area (Å²) in [6.07, 6.45) is 0. The molecule has 0 bridgehead atoms. The Morgan fingerprint density at radius 3 is 1.50 bits per heavy atom. The summed E-state index contributed by atoms with van der Waals surface area (Å²) in [6, 6.07) is 88.1. The van der Waals surface area contributed by atoms with Crippen LogP contribution in [-0.2, 0) is 5.41 Å². The van der Waals surface area contributed by atoms with E-state index in [1.54, 1.807) is 0 Å². The van der Waals surface area contributed by atoms with Crippen molar-refractivity contribution >= 4 is 32.3 Å². The molecule has 0 saturated carbocycles. The highest BCUT2D eigenvalue weighted by Crippen LogP contribution is 2.50. The van der Waals surface area contributed by atoms with Gasteiger partial charge in [0.05, 0.1) is 0 Å². The quantitative estimate of drug-likeness (QED) is 0.111. The molecule has 0 N–H and O–H groups in total. The van der Waals surface area contributed by atoms with E-state index in [9.17, 15) is 0 Å². The van der Waals surface area contributed by atoms with Gasteiger partial charge < -0.3 is 0 Å². The minimum absolute atomic E-state index is 0.0342. The Hall–Kier alpha value is -7.80. The summed E-state index contributed by atoms with van der Waals surface area (Å²) in [5, 5.41) is 7.51. The lowest BCUT2D eigenvalue weighted by atomic mass is 9.81. The first kappa shape index (κ1) is 37.9. The second kappa shape index (κ2) is 15.2. The Morgan fingerprint density at radius 1 is 0.266 bits per heavy atom. The van der Waals surface area contributed by atoms with Crippen molar-refractivity contribution in [3.63, 3.8) is 0 Å². The normalized spacial score (nSPS) is 13.2. The van der Waals surface area contributed by atoms with E-state index in [1.165, 1.54) is 116 Å². The summed E-state index contributed by atoms with van der Waals surface area (Å²) >= 11 is 0. The third-order valence-electron chi connectivity index (χ3n) is 14.0. The molecule has 11 aromatic carbocycles. The zero-order chi connectivity index (χ0) is 42.8. The Balaban J connectivity index is 0.978. The van der Waals surface area contributed by atoms with Gasteiger partial charge in [-0.1, -0.05) is 220 Å². The molecule has 1 aliphatic carbocycles. The van der Waals surface area contributed by atoms with Gasteiger partial charge in [0.1, 0.15) is 0 Å². The van der Waals surface area contributed by atoms with Crippen molar-refractivity contribution in [2.45, 2.75) is 25.2 Å². The van der Waals surface area contributed by atoms with E-state index in [2.05, 4.69) is 250 Å². The molecular formula is C64H46. The smallest absolute Gasteiger partial charge is 0.0340 e. The predicted octanol–water partition coefficient (Wildman–Crippen LogP) is 17.3. The average Bonchev–Trinajstić information content (AvgIpc) is 3.59. The second-order valence-corrected chi connectivity index (χ2v) is 18.0. The molecule has 0 radical (unpaired) electrons. The zero-order valence-corrected chi connectivity index (χ0v) is 36.1. The van der Waals surface area contributed by atoms with Crippen LogP contribution in [0.3, 0.4) is 0 Å². The molecule has 1 atom stereocenters. The van der Waals surface area contributed by atoms with Gasteiger partial charge in [0.2, 0.25) is 0 Å². The third kappa shape index (κ3) is 6.37. The predicted molar refractivity (Wildman–Crippen MR) is 272 cm³/mol. The molecule has 0 nitrogen and oxygen atoms in total. The largest absolute Gasteiger partial charge is 0.0622 e. The van der Waals surface area contributed by atoms with Gasteiger partial charge in [-0.25, -0.2) is 0 Å². The van der Waals surface area contributed by atoms with Crippen LogP contribution in [0.5, 0.6) is 0 Å². The fourth-order valence-corrected chi connectivity index (χ4v) is 10.7. The number of fused-ring (bicyclic) bond motifs is 7. The molecule has 0 fully saturated rings. The van der Waals surface area contributed by atoms with Crippen molar-refractivity contribution in [2.75, 3.05) is 0 Å². The molecular weight excluding hydrogens is 769 g/mol. The highest BCUT2D eigenvalue weighted by atomic mass is 14.4. The summed E-state index contributed by atoms with van der Waals surface area (Å²) in [5.41, 5.74) is 19.2. The first-order valence-electron chi connectivity index (χ1n) is 22.5. The SMILES string of the molecule is CC1(C)c2ccccc2-c2ccc(-c3ccc(C(c4ccccc4)c4ccc5c(c4)cc(-c4ccccc4)c4cc(-c6cc7ccccc7cc6-c6ccccc6)ccc45)cc3)cc21. The van der Waals surface area contributed by atoms with E-state index >= 15 is 0 Å². The van der Waals surface area contributed by atoms with E-state index in [-0.39, 0.29) is 11.3 Å². The fraction of sp³-hybridized carbons (Fsp3) is 0.0625. The second-order valence-electron chi connectivity index (χ2n) is 18.0. The first-order valence-corrected chi connectivity index (χ1v) is 22.5.